The Morgan fingerprint density at radius 3 is 2.59 bits per heavy atom. The van der Waals surface area contributed by atoms with Gasteiger partial charge in [0, 0.05) is 44.7 Å². The second-order valence-corrected chi connectivity index (χ2v) is 13.7. The molecule has 0 unspecified atom stereocenters. The second kappa shape index (κ2) is 13.8. The van der Waals surface area contributed by atoms with Crippen molar-refractivity contribution in [3.8, 4) is 22.6 Å². The minimum absolute atomic E-state index is 0.00402. The van der Waals surface area contributed by atoms with Crippen LogP contribution in [-0.4, -0.2) is 67.4 Å². The number of hydrogen-bond donors (Lipinski definition) is 3. The fraction of sp³-hybridized carbons (Fsp3) is 0.417. The average molecular weight is 673 g/mol. The van der Waals surface area contributed by atoms with Gasteiger partial charge in [-0.25, -0.2) is 23.5 Å². The second-order valence-electron chi connectivity index (χ2n) is 13.7. The lowest BCUT2D eigenvalue weighted by Crippen LogP contribution is -2.45. The highest BCUT2D eigenvalue weighted by molar-refractivity contribution is 5.77. The van der Waals surface area contributed by atoms with Crippen LogP contribution in [-0.2, 0) is 16.1 Å². The summed E-state index contributed by atoms with van der Waals surface area (Å²) in [6.45, 7) is 7.62. The number of phenolic OH excluding ortho intramolecular Hbond substituents is 1. The average Bonchev–Trinajstić information content (AvgIpc) is 3.25. The molecule has 2 amide bonds. The Morgan fingerprint density at radius 1 is 1.06 bits per heavy atom. The number of carbonyl (C=O) groups is 2. The number of fused-ring (bicyclic) bond motifs is 1. The van der Waals surface area contributed by atoms with Crippen molar-refractivity contribution in [1.82, 2.24) is 29.7 Å². The highest BCUT2D eigenvalue weighted by atomic mass is 19.1. The van der Waals surface area contributed by atoms with Crippen LogP contribution in [0.5, 0.6) is 5.75 Å². The number of hydrogen-bond acceptors (Lipinski definition) is 8. The van der Waals surface area contributed by atoms with E-state index >= 15 is 0 Å². The van der Waals surface area contributed by atoms with Crippen LogP contribution in [0.4, 0.5) is 9.18 Å². The fourth-order valence-electron chi connectivity index (χ4n) is 6.71. The summed E-state index contributed by atoms with van der Waals surface area (Å²) < 4.78 is 22.4. The van der Waals surface area contributed by atoms with E-state index in [1.807, 2.05) is 18.2 Å². The number of aromatic nitrogens is 3. The van der Waals surface area contributed by atoms with Crippen LogP contribution in [0.15, 0.2) is 64.3 Å². The van der Waals surface area contributed by atoms with Crippen molar-refractivity contribution < 1.29 is 23.8 Å². The third-order valence-corrected chi connectivity index (χ3v) is 8.98. The summed E-state index contributed by atoms with van der Waals surface area (Å²) in [6, 6.07) is 12.8. The molecule has 4 aromatic rings. The first-order valence-corrected chi connectivity index (χ1v) is 16.6. The molecule has 1 aliphatic carbocycles. The predicted molar refractivity (Wildman–Crippen MR) is 182 cm³/mol. The van der Waals surface area contributed by atoms with E-state index in [0.717, 1.165) is 29.0 Å². The maximum Gasteiger partial charge on any atom is 0.407 e. The molecule has 1 saturated heterocycles. The summed E-state index contributed by atoms with van der Waals surface area (Å²) in [4.78, 5) is 58.7. The largest absolute Gasteiger partial charge is 0.508 e. The molecule has 3 heterocycles. The molecule has 0 bridgehead atoms. The minimum Gasteiger partial charge on any atom is -0.508 e. The maximum absolute atomic E-state index is 14.5. The third-order valence-electron chi connectivity index (χ3n) is 8.98. The molecule has 12 nitrogen and oxygen atoms in total. The van der Waals surface area contributed by atoms with E-state index in [9.17, 15) is 28.7 Å². The van der Waals surface area contributed by atoms with Gasteiger partial charge >= 0.3 is 11.8 Å². The van der Waals surface area contributed by atoms with Crippen LogP contribution in [0, 0.1) is 5.82 Å². The molecule has 2 aliphatic rings. The van der Waals surface area contributed by atoms with Crippen molar-refractivity contribution in [2.75, 3.05) is 19.6 Å². The van der Waals surface area contributed by atoms with Gasteiger partial charge in [0.15, 0.2) is 5.65 Å². The molecule has 13 heteroatoms. The van der Waals surface area contributed by atoms with Crippen molar-refractivity contribution in [2.24, 2.45) is 0 Å². The van der Waals surface area contributed by atoms with Crippen LogP contribution in [0.2, 0.25) is 0 Å². The van der Waals surface area contributed by atoms with E-state index in [1.165, 1.54) is 9.13 Å². The summed E-state index contributed by atoms with van der Waals surface area (Å²) >= 11 is 0. The van der Waals surface area contributed by atoms with Gasteiger partial charge in [0.25, 0.3) is 5.56 Å². The Labute approximate surface area is 282 Å². The number of rotatable bonds is 6. The Bertz CT molecular complexity index is 2010. The van der Waals surface area contributed by atoms with Crippen molar-refractivity contribution in [2.45, 2.75) is 77.1 Å². The number of carbonyl (C=O) groups excluding carboxylic acids is 2. The van der Waals surface area contributed by atoms with Crippen molar-refractivity contribution in [3.05, 3.63) is 86.9 Å². The molecule has 0 spiro atoms. The number of alkyl carbamates (subject to hydrolysis) is 1. The van der Waals surface area contributed by atoms with Gasteiger partial charge in [-0.2, -0.15) is 0 Å². The van der Waals surface area contributed by atoms with Gasteiger partial charge in [-0.1, -0.05) is 18.2 Å². The van der Waals surface area contributed by atoms with Crippen LogP contribution in [0.25, 0.3) is 27.8 Å². The highest BCUT2D eigenvalue weighted by Crippen LogP contribution is 2.31. The summed E-state index contributed by atoms with van der Waals surface area (Å²) in [7, 11) is 0. The van der Waals surface area contributed by atoms with Gasteiger partial charge in [0.1, 0.15) is 17.2 Å². The first-order valence-electron chi connectivity index (χ1n) is 16.6. The van der Waals surface area contributed by atoms with E-state index < -0.39 is 34.8 Å². The molecule has 1 saturated carbocycles. The SMILES string of the molecule is CC(C)(C)OC(=O)NC1CCC(n2c(=O)c3cc(F)cnc3n(-c3cccc(-c4ccc(O)cc4CN4CCNC(=O)CC4)c3)c2=O)CC1. The van der Waals surface area contributed by atoms with Gasteiger partial charge in [-0.15, -0.1) is 0 Å². The first-order chi connectivity index (χ1) is 23.4. The number of amides is 2. The van der Waals surface area contributed by atoms with E-state index in [-0.39, 0.29) is 28.7 Å². The Kier molecular flexibility index (Phi) is 9.55. The summed E-state index contributed by atoms with van der Waals surface area (Å²) in [6.07, 6.45) is 2.78. The molecule has 258 valence electrons. The lowest BCUT2D eigenvalue weighted by atomic mass is 9.91. The number of nitrogens with zero attached hydrogens (tertiary/aromatic N) is 4. The molecule has 6 rings (SSSR count). The van der Waals surface area contributed by atoms with Crippen LogP contribution >= 0.6 is 0 Å². The quantitative estimate of drug-likeness (QED) is 0.273. The zero-order chi connectivity index (χ0) is 34.9. The summed E-state index contributed by atoms with van der Waals surface area (Å²) in [5.74, 6) is -0.584. The highest BCUT2D eigenvalue weighted by Gasteiger charge is 2.29. The van der Waals surface area contributed by atoms with Gasteiger partial charge in [0.2, 0.25) is 5.91 Å². The third kappa shape index (κ3) is 7.67. The van der Waals surface area contributed by atoms with Crippen molar-refractivity contribution in [3.63, 3.8) is 0 Å². The number of halogens is 1. The molecular formula is C36H41FN6O6. The Balaban J connectivity index is 1.36. The zero-order valence-corrected chi connectivity index (χ0v) is 27.9. The Morgan fingerprint density at radius 2 is 1.84 bits per heavy atom. The summed E-state index contributed by atoms with van der Waals surface area (Å²) in [5, 5.41) is 16.1. The topological polar surface area (TPSA) is 148 Å². The summed E-state index contributed by atoms with van der Waals surface area (Å²) in [5.41, 5.74) is 1.04. The van der Waals surface area contributed by atoms with Gasteiger partial charge in [0.05, 0.1) is 17.3 Å². The smallest absolute Gasteiger partial charge is 0.407 e. The zero-order valence-electron chi connectivity index (χ0n) is 27.9. The molecular weight excluding hydrogens is 631 g/mol. The number of ether oxygens (including phenoxy) is 1. The normalized spacial score (nSPS) is 18.9. The molecule has 1 aliphatic heterocycles. The van der Waals surface area contributed by atoms with Gasteiger partial charge < -0.3 is 20.5 Å². The molecule has 49 heavy (non-hydrogen) atoms. The van der Waals surface area contributed by atoms with Crippen molar-refractivity contribution in [1.29, 1.82) is 0 Å². The molecule has 3 N–H and O–H groups in total. The molecule has 0 radical (unpaired) electrons. The number of aromatic hydroxyl groups is 1. The molecule has 0 atom stereocenters. The van der Waals surface area contributed by atoms with E-state index in [2.05, 4.69) is 20.5 Å². The van der Waals surface area contributed by atoms with Crippen LogP contribution in [0.1, 0.15) is 64.5 Å². The first kappa shape index (κ1) is 33.8. The lowest BCUT2D eigenvalue weighted by molar-refractivity contribution is -0.120. The number of phenols is 1. The lowest BCUT2D eigenvalue weighted by Gasteiger charge is -2.31. The van der Waals surface area contributed by atoms with E-state index in [1.54, 1.807) is 45.0 Å². The maximum atomic E-state index is 14.5. The van der Waals surface area contributed by atoms with Crippen LogP contribution in [0.3, 0.4) is 0 Å². The van der Waals surface area contributed by atoms with E-state index in [4.69, 9.17) is 4.74 Å². The fourth-order valence-corrected chi connectivity index (χ4v) is 6.71. The van der Waals surface area contributed by atoms with E-state index in [0.29, 0.717) is 64.0 Å². The number of nitrogens with one attached hydrogen (secondary N) is 2. The molecule has 2 fully saturated rings. The van der Waals surface area contributed by atoms with Gasteiger partial charge in [-0.3, -0.25) is 19.1 Å². The van der Waals surface area contributed by atoms with Crippen molar-refractivity contribution >= 4 is 23.0 Å². The molecule has 2 aromatic carbocycles. The Hall–Kier alpha value is -5.04. The standard InChI is InChI=1S/C36H41FN6O6/c1-36(2,3)49-34(47)40-25-7-9-26(10-8-25)43-33(46)30-19-24(37)20-39-32(30)42(35(43)48)27-6-4-5-22(17-27)29-12-11-28(44)18-23(29)21-41-15-13-31(45)38-14-16-41/h4-6,11-12,17-20,25-26,44H,7-10,13-16,21H2,1-3H3,(H,38,45)(H,40,47). The van der Waals surface area contributed by atoms with Gasteiger partial charge in [-0.05, 0) is 93.5 Å². The molecule has 2 aromatic heterocycles. The minimum atomic E-state index is -0.695. The number of pyridine rings is 1. The van der Waals surface area contributed by atoms with Crippen LogP contribution < -0.4 is 21.9 Å². The number of benzene rings is 2. The predicted octanol–water partition coefficient (Wildman–Crippen LogP) is 4.39. The monoisotopic (exact) mass is 672 g/mol.